The molecule has 1 rings (SSSR count). The fraction of sp³-hybridized carbons (Fsp3) is 0.909. The van der Waals surface area contributed by atoms with E-state index < -0.39 is 5.60 Å². The number of thioether (sulfide) groups is 1. The monoisotopic (exact) mass is 231 g/mol. The molecule has 1 saturated heterocycles. The Morgan fingerprint density at radius 2 is 2.20 bits per heavy atom. The van der Waals surface area contributed by atoms with Crippen molar-refractivity contribution in [1.29, 1.82) is 0 Å². The first-order valence-electron chi connectivity index (χ1n) is 5.39. The van der Waals surface area contributed by atoms with Crippen LogP contribution in [0.25, 0.3) is 0 Å². The molecule has 2 N–H and O–H groups in total. The Bertz CT molecular complexity index is 229. The lowest BCUT2D eigenvalue weighted by Crippen LogP contribution is -2.47. The van der Waals surface area contributed by atoms with Gasteiger partial charge < -0.3 is 10.5 Å². The van der Waals surface area contributed by atoms with Gasteiger partial charge in [0.25, 0.3) is 0 Å². The van der Waals surface area contributed by atoms with Crippen LogP contribution in [0.4, 0.5) is 0 Å². The fourth-order valence-electron chi connectivity index (χ4n) is 1.68. The van der Waals surface area contributed by atoms with Crippen LogP contribution in [0.1, 0.15) is 40.0 Å². The smallest absolute Gasteiger partial charge is 0.308 e. The van der Waals surface area contributed by atoms with E-state index in [9.17, 15) is 4.79 Å². The first-order chi connectivity index (χ1) is 6.81. The van der Waals surface area contributed by atoms with Crippen LogP contribution in [0.15, 0.2) is 0 Å². The summed E-state index contributed by atoms with van der Waals surface area (Å²) < 4.78 is 5.28. The van der Waals surface area contributed by atoms with E-state index in [1.54, 1.807) is 0 Å². The predicted molar refractivity (Wildman–Crippen MR) is 63.9 cm³/mol. The molecule has 0 spiro atoms. The van der Waals surface area contributed by atoms with Gasteiger partial charge in [-0.15, -0.1) is 0 Å². The maximum Gasteiger partial charge on any atom is 0.308 e. The lowest BCUT2D eigenvalue weighted by atomic mass is 9.93. The summed E-state index contributed by atoms with van der Waals surface area (Å²) in [5, 5.41) is 0. The number of ether oxygens (including phenoxy) is 1. The Balaban J connectivity index is 2.42. The normalized spacial score (nSPS) is 27.5. The number of esters is 1. The minimum absolute atomic E-state index is 0.174. The molecule has 0 aromatic carbocycles. The first-order valence-corrected chi connectivity index (χ1v) is 6.55. The topological polar surface area (TPSA) is 52.3 Å². The number of nitrogens with two attached hydrogens (primary N) is 1. The third kappa shape index (κ3) is 4.89. The second-order valence-electron chi connectivity index (χ2n) is 5.28. The van der Waals surface area contributed by atoms with Gasteiger partial charge in [-0.3, -0.25) is 4.79 Å². The van der Waals surface area contributed by atoms with Crippen LogP contribution in [-0.2, 0) is 9.53 Å². The average molecular weight is 231 g/mol. The molecule has 3 nitrogen and oxygen atoms in total. The fourth-order valence-corrected chi connectivity index (χ4v) is 2.82. The Morgan fingerprint density at radius 1 is 1.53 bits per heavy atom. The van der Waals surface area contributed by atoms with Gasteiger partial charge in [-0.2, -0.15) is 11.8 Å². The van der Waals surface area contributed by atoms with Gasteiger partial charge in [0.05, 0.1) is 6.42 Å². The van der Waals surface area contributed by atoms with E-state index in [4.69, 9.17) is 10.5 Å². The van der Waals surface area contributed by atoms with Crippen molar-refractivity contribution >= 4 is 17.7 Å². The van der Waals surface area contributed by atoms with Crippen molar-refractivity contribution < 1.29 is 9.53 Å². The highest BCUT2D eigenvalue weighted by molar-refractivity contribution is 7.99. The molecule has 0 aromatic rings. The molecule has 1 aliphatic heterocycles. The molecular weight excluding hydrogens is 210 g/mol. The second kappa shape index (κ2) is 4.74. The van der Waals surface area contributed by atoms with E-state index >= 15 is 0 Å². The molecule has 0 aliphatic carbocycles. The summed E-state index contributed by atoms with van der Waals surface area (Å²) in [6.45, 7) is 5.64. The van der Waals surface area contributed by atoms with Crippen LogP contribution in [0.2, 0.25) is 0 Å². The highest BCUT2D eigenvalue weighted by atomic mass is 32.2. The van der Waals surface area contributed by atoms with Gasteiger partial charge in [-0.25, -0.2) is 0 Å². The molecule has 0 amide bonds. The standard InChI is InChI=1S/C11H21NO2S/c1-10(2,3)14-9(13)7-11(12)5-4-6-15-8-11/h4-8,12H2,1-3H3. The van der Waals surface area contributed by atoms with Gasteiger partial charge >= 0.3 is 5.97 Å². The molecule has 4 heteroatoms. The highest BCUT2D eigenvalue weighted by Crippen LogP contribution is 2.28. The van der Waals surface area contributed by atoms with E-state index in [0.29, 0.717) is 6.42 Å². The van der Waals surface area contributed by atoms with Gasteiger partial charge in [0.15, 0.2) is 0 Å². The zero-order valence-electron chi connectivity index (χ0n) is 9.84. The summed E-state index contributed by atoms with van der Waals surface area (Å²) in [7, 11) is 0. The molecule has 0 aromatic heterocycles. The summed E-state index contributed by atoms with van der Waals surface area (Å²) >= 11 is 1.83. The largest absolute Gasteiger partial charge is 0.460 e. The van der Waals surface area contributed by atoms with E-state index in [-0.39, 0.29) is 11.5 Å². The lowest BCUT2D eigenvalue weighted by Gasteiger charge is -2.33. The number of carbonyl (C=O) groups is 1. The third-order valence-electron chi connectivity index (χ3n) is 2.27. The van der Waals surface area contributed by atoms with Crippen molar-refractivity contribution in [2.45, 2.75) is 51.2 Å². The van der Waals surface area contributed by atoms with E-state index in [2.05, 4.69) is 0 Å². The van der Waals surface area contributed by atoms with Crippen LogP contribution >= 0.6 is 11.8 Å². The highest BCUT2D eigenvalue weighted by Gasteiger charge is 2.32. The zero-order valence-corrected chi connectivity index (χ0v) is 10.7. The van der Waals surface area contributed by atoms with E-state index in [0.717, 1.165) is 24.3 Å². The average Bonchev–Trinajstić information content (AvgIpc) is 1.99. The number of hydrogen-bond acceptors (Lipinski definition) is 4. The zero-order chi connectivity index (χ0) is 11.5. The van der Waals surface area contributed by atoms with E-state index in [1.165, 1.54) is 0 Å². The summed E-state index contributed by atoms with van der Waals surface area (Å²) in [6, 6.07) is 0. The van der Waals surface area contributed by atoms with Gasteiger partial charge in [-0.1, -0.05) is 0 Å². The first kappa shape index (κ1) is 12.8. The van der Waals surface area contributed by atoms with E-state index in [1.807, 2.05) is 32.5 Å². The van der Waals surface area contributed by atoms with Crippen molar-refractivity contribution in [3.8, 4) is 0 Å². The van der Waals surface area contributed by atoms with Crippen LogP contribution in [0.5, 0.6) is 0 Å². The predicted octanol–water partition coefficient (Wildman–Crippen LogP) is 1.94. The van der Waals surface area contributed by atoms with Crippen LogP contribution < -0.4 is 5.73 Å². The molecule has 1 unspecified atom stereocenters. The van der Waals surface area contributed by atoms with Crippen LogP contribution in [0, 0.1) is 0 Å². The molecule has 0 bridgehead atoms. The van der Waals surface area contributed by atoms with Gasteiger partial charge in [0.1, 0.15) is 5.60 Å². The molecule has 0 saturated carbocycles. The maximum absolute atomic E-state index is 11.6. The Kier molecular flexibility index (Phi) is 4.06. The second-order valence-corrected chi connectivity index (χ2v) is 6.39. The Labute approximate surface area is 96.1 Å². The van der Waals surface area contributed by atoms with Crippen molar-refractivity contribution in [1.82, 2.24) is 0 Å². The van der Waals surface area contributed by atoms with Crippen molar-refractivity contribution in [3.05, 3.63) is 0 Å². The Morgan fingerprint density at radius 3 is 2.67 bits per heavy atom. The molecule has 15 heavy (non-hydrogen) atoms. The molecule has 88 valence electrons. The maximum atomic E-state index is 11.6. The number of hydrogen-bond donors (Lipinski definition) is 1. The molecule has 1 heterocycles. The summed E-state index contributed by atoms with van der Waals surface area (Å²) in [4.78, 5) is 11.6. The van der Waals surface area contributed by atoms with Crippen molar-refractivity contribution in [2.24, 2.45) is 5.73 Å². The van der Waals surface area contributed by atoms with Crippen LogP contribution in [0.3, 0.4) is 0 Å². The quantitative estimate of drug-likeness (QED) is 0.738. The van der Waals surface area contributed by atoms with Crippen molar-refractivity contribution in [3.63, 3.8) is 0 Å². The number of carbonyl (C=O) groups excluding carboxylic acids is 1. The minimum atomic E-state index is -0.407. The molecule has 1 atom stereocenters. The summed E-state index contributed by atoms with van der Waals surface area (Å²) in [6.07, 6.45) is 2.38. The SMILES string of the molecule is CC(C)(C)OC(=O)CC1(N)CCCSC1. The van der Waals surface area contributed by atoms with Crippen LogP contribution in [-0.4, -0.2) is 28.6 Å². The summed E-state index contributed by atoms with van der Waals surface area (Å²) in [5.74, 6) is 1.85. The molecule has 0 radical (unpaired) electrons. The van der Waals surface area contributed by atoms with Crippen molar-refractivity contribution in [2.75, 3.05) is 11.5 Å². The lowest BCUT2D eigenvalue weighted by molar-refractivity contribution is -0.156. The minimum Gasteiger partial charge on any atom is -0.460 e. The van der Waals surface area contributed by atoms with Gasteiger partial charge in [0.2, 0.25) is 0 Å². The number of rotatable bonds is 2. The third-order valence-corrected chi connectivity index (χ3v) is 3.63. The van der Waals surface area contributed by atoms with Gasteiger partial charge in [0, 0.05) is 11.3 Å². The summed E-state index contributed by atoms with van der Waals surface area (Å²) in [5.41, 5.74) is 5.41. The molecule has 1 fully saturated rings. The van der Waals surface area contributed by atoms with Gasteiger partial charge in [-0.05, 0) is 39.4 Å². The molecule has 1 aliphatic rings. The molecular formula is C11H21NO2S. The Hall–Kier alpha value is -0.220.